The number of aliphatic imine (C=N–C) groups is 1. The lowest BCUT2D eigenvalue weighted by molar-refractivity contribution is -0.337. The predicted octanol–water partition coefficient (Wildman–Crippen LogP) is 2.54. The van der Waals surface area contributed by atoms with E-state index < -0.39 is 29.8 Å². The second kappa shape index (κ2) is 7.18. The molecule has 0 spiro atoms. The summed E-state index contributed by atoms with van der Waals surface area (Å²) in [5.74, 6) is 0. The minimum Gasteiger partial charge on any atom is -0.379 e. The van der Waals surface area contributed by atoms with Gasteiger partial charge in [0.2, 0.25) is 0 Å². The van der Waals surface area contributed by atoms with Gasteiger partial charge in [0.05, 0.1) is 25.1 Å². The fourth-order valence-corrected chi connectivity index (χ4v) is 2.10. The molecule has 1 atom stereocenters. The Morgan fingerprint density at radius 3 is 2.00 bits per heavy atom. The van der Waals surface area contributed by atoms with Crippen molar-refractivity contribution >= 4 is 5.71 Å². The largest absolute Gasteiger partial charge is 0.432 e. The Balaban J connectivity index is 3.28. The molecule has 0 amide bonds. The molecule has 0 aromatic rings. The van der Waals surface area contributed by atoms with Crippen LogP contribution in [-0.2, 0) is 4.74 Å². The second-order valence-electron chi connectivity index (χ2n) is 5.00. The molecule has 0 radical (unpaired) electrons. The van der Waals surface area contributed by atoms with Crippen LogP contribution in [0.2, 0.25) is 0 Å². The Morgan fingerprint density at radius 1 is 1.13 bits per heavy atom. The van der Waals surface area contributed by atoms with E-state index in [1.165, 1.54) is 13.8 Å². The number of aliphatic hydroxyl groups is 1. The normalized spacial score (nSPS) is 21.0. The Hall–Kier alpha value is -1.13. The van der Waals surface area contributed by atoms with Crippen molar-refractivity contribution in [2.45, 2.75) is 38.0 Å². The highest BCUT2D eigenvalue weighted by Crippen LogP contribution is 2.44. The van der Waals surface area contributed by atoms with E-state index in [1.54, 1.807) is 4.90 Å². The number of allylic oxidation sites excluding steroid dienone is 1. The Labute approximate surface area is 129 Å². The molecule has 1 rings (SSSR count). The Bertz CT molecular complexity index is 438. The Morgan fingerprint density at radius 2 is 1.61 bits per heavy atom. The first kappa shape index (κ1) is 19.9. The van der Waals surface area contributed by atoms with Gasteiger partial charge in [-0.1, -0.05) is 6.08 Å². The summed E-state index contributed by atoms with van der Waals surface area (Å²) in [7, 11) is 0. The van der Waals surface area contributed by atoms with Crippen LogP contribution >= 0.6 is 0 Å². The third kappa shape index (κ3) is 4.24. The van der Waals surface area contributed by atoms with Crippen LogP contribution in [0.1, 0.15) is 13.8 Å². The molecule has 0 aromatic carbocycles. The number of ether oxygens (including phenoxy) is 1. The average Bonchev–Trinajstić information content (AvgIpc) is 2.44. The molecule has 1 aliphatic heterocycles. The zero-order valence-corrected chi connectivity index (χ0v) is 12.6. The van der Waals surface area contributed by atoms with E-state index in [2.05, 4.69) is 4.99 Å². The molecule has 0 aromatic heterocycles. The van der Waals surface area contributed by atoms with E-state index in [-0.39, 0.29) is 0 Å². The number of halogens is 6. The van der Waals surface area contributed by atoms with Crippen molar-refractivity contribution < 1.29 is 36.2 Å². The number of morpholine rings is 1. The summed E-state index contributed by atoms with van der Waals surface area (Å²) in [6.07, 6.45) is -11.4. The van der Waals surface area contributed by atoms with E-state index >= 15 is 0 Å². The zero-order chi connectivity index (χ0) is 17.9. The topological polar surface area (TPSA) is 45.1 Å². The van der Waals surface area contributed by atoms with Crippen molar-refractivity contribution in [3.05, 3.63) is 12.2 Å². The molecule has 1 heterocycles. The van der Waals surface area contributed by atoms with Gasteiger partial charge in [0.15, 0.2) is 0 Å². The molecule has 0 aliphatic carbocycles. The molecule has 0 saturated carbocycles. The minimum atomic E-state index is -5.95. The van der Waals surface area contributed by atoms with Crippen LogP contribution in [-0.4, -0.2) is 66.1 Å². The highest BCUT2D eigenvalue weighted by molar-refractivity contribution is 6.03. The lowest BCUT2D eigenvalue weighted by atomic mass is 9.95. The molecule has 1 aliphatic rings. The smallest absolute Gasteiger partial charge is 0.379 e. The van der Waals surface area contributed by atoms with Gasteiger partial charge in [0.1, 0.15) is 0 Å². The van der Waals surface area contributed by atoms with Crippen LogP contribution in [0.3, 0.4) is 0 Å². The lowest BCUT2D eigenvalue weighted by Crippen LogP contribution is -2.62. The number of hydrogen-bond acceptors (Lipinski definition) is 4. The summed E-state index contributed by atoms with van der Waals surface area (Å²) in [6, 6.07) is 0. The molecule has 1 N–H and O–H groups in total. The third-order valence-electron chi connectivity index (χ3n) is 3.42. The van der Waals surface area contributed by atoms with Crippen molar-refractivity contribution in [1.82, 2.24) is 4.90 Å². The first-order chi connectivity index (χ1) is 10.4. The molecular formula is C13H18F6N2O2. The van der Waals surface area contributed by atoms with Crippen molar-refractivity contribution in [2.75, 3.05) is 26.3 Å². The Kier molecular flexibility index (Phi) is 6.22. The van der Waals surface area contributed by atoms with Crippen molar-refractivity contribution in [2.24, 2.45) is 4.99 Å². The van der Waals surface area contributed by atoms with Gasteiger partial charge in [-0.15, -0.1) is 0 Å². The van der Waals surface area contributed by atoms with Gasteiger partial charge < -0.3 is 9.84 Å². The summed E-state index contributed by atoms with van der Waals surface area (Å²) in [5.41, 5.74) is -6.51. The summed E-state index contributed by atoms with van der Waals surface area (Å²) in [6.45, 7) is 3.86. The second-order valence-corrected chi connectivity index (χ2v) is 5.00. The van der Waals surface area contributed by atoms with E-state index in [1.807, 2.05) is 0 Å². The molecule has 23 heavy (non-hydrogen) atoms. The SMILES string of the molecule is C/C=C\C(=NC(C)N1CCOCC1)C(O)(C(F)(F)F)C(F)(F)F. The standard InChI is InChI=1S/C13H18F6N2O2/c1-3-4-10(11(22,12(14,15)16)13(17,18)19)20-9(2)21-5-7-23-8-6-21/h3-4,9,22H,5-8H2,1-2H3/b4-3-,20-10?. The van der Waals surface area contributed by atoms with Gasteiger partial charge in [0, 0.05) is 13.1 Å². The predicted molar refractivity (Wildman–Crippen MR) is 71.2 cm³/mol. The van der Waals surface area contributed by atoms with E-state index in [0.717, 1.165) is 6.08 Å². The highest BCUT2D eigenvalue weighted by Gasteiger charge is 2.73. The van der Waals surface area contributed by atoms with Crippen molar-refractivity contribution in [3.63, 3.8) is 0 Å². The average molecular weight is 348 g/mol. The number of hydrogen-bond donors (Lipinski definition) is 1. The first-order valence-corrected chi connectivity index (χ1v) is 6.83. The van der Waals surface area contributed by atoms with Crippen molar-refractivity contribution in [1.29, 1.82) is 0 Å². The van der Waals surface area contributed by atoms with Crippen LogP contribution in [0.15, 0.2) is 17.1 Å². The van der Waals surface area contributed by atoms with Gasteiger partial charge in [0.25, 0.3) is 5.60 Å². The van der Waals surface area contributed by atoms with Gasteiger partial charge in [-0.2, -0.15) is 26.3 Å². The first-order valence-electron chi connectivity index (χ1n) is 6.83. The summed E-state index contributed by atoms with van der Waals surface area (Å²) < 4.78 is 82.8. The van der Waals surface area contributed by atoms with Crippen LogP contribution in [0.5, 0.6) is 0 Å². The summed E-state index contributed by atoms with van der Waals surface area (Å²) in [4.78, 5) is 5.07. The summed E-state index contributed by atoms with van der Waals surface area (Å²) >= 11 is 0. The number of nitrogens with zero attached hydrogens (tertiary/aromatic N) is 2. The van der Waals surface area contributed by atoms with Crippen molar-refractivity contribution in [3.8, 4) is 0 Å². The molecule has 4 nitrogen and oxygen atoms in total. The van der Waals surface area contributed by atoms with Gasteiger partial charge >= 0.3 is 12.4 Å². The minimum absolute atomic E-state index is 0.307. The number of rotatable bonds is 4. The monoisotopic (exact) mass is 348 g/mol. The molecule has 1 fully saturated rings. The maximum Gasteiger partial charge on any atom is 0.432 e. The molecule has 1 unspecified atom stereocenters. The van der Waals surface area contributed by atoms with Crippen LogP contribution < -0.4 is 0 Å². The lowest BCUT2D eigenvalue weighted by Gasteiger charge is -2.35. The number of alkyl halides is 6. The molecule has 1 saturated heterocycles. The fraction of sp³-hybridized carbons (Fsp3) is 0.769. The zero-order valence-electron chi connectivity index (χ0n) is 12.6. The van der Waals surface area contributed by atoms with Crippen LogP contribution in [0, 0.1) is 0 Å². The highest BCUT2D eigenvalue weighted by atomic mass is 19.4. The third-order valence-corrected chi connectivity index (χ3v) is 3.42. The maximum absolute atomic E-state index is 12.9. The molecular weight excluding hydrogens is 330 g/mol. The fourth-order valence-electron chi connectivity index (χ4n) is 2.10. The summed E-state index contributed by atoms with van der Waals surface area (Å²) in [5, 5.41) is 9.45. The quantitative estimate of drug-likeness (QED) is 0.627. The molecule has 134 valence electrons. The van der Waals surface area contributed by atoms with E-state index in [4.69, 9.17) is 4.74 Å². The molecule has 0 bridgehead atoms. The van der Waals surface area contributed by atoms with Crippen LogP contribution in [0.25, 0.3) is 0 Å². The maximum atomic E-state index is 12.9. The van der Waals surface area contributed by atoms with E-state index in [0.29, 0.717) is 32.4 Å². The van der Waals surface area contributed by atoms with Gasteiger partial charge in [-0.25, -0.2) is 0 Å². The van der Waals surface area contributed by atoms with E-state index in [9.17, 15) is 31.4 Å². The van der Waals surface area contributed by atoms with Gasteiger partial charge in [-0.3, -0.25) is 9.89 Å². The van der Waals surface area contributed by atoms with Crippen LogP contribution in [0.4, 0.5) is 26.3 Å². The van der Waals surface area contributed by atoms with Gasteiger partial charge in [-0.05, 0) is 19.9 Å². The molecule has 10 heteroatoms.